The molecule has 0 bridgehead atoms. The van der Waals surface area contributed by atoms with Crippen LogP contribution < -0.4 is 0 Å². The molecule has 1 saturated carbocycles. The van der Waals surface area contributed by atoms with E-state index in [-0.39, 0.29) is 0 Å². The Labute approximate surface area is 116 Å². The van der Waals surface area contributed by atoms with Crippen molar-refractivity contribution in [2.24, 2.45) is 0 Å². The van der Waals surface area contributed by atoms with Crippen LogP contribution >= 0.6 is 0 Å². The number of rotatable bonds is 2. The minimum atomic E-state index is 0.604. The Kier molecular flexibility index (Phi) is 2.33. The Morgan fingerprint density at radius 2 is 2.00 bits per heavy atom. The van der Waals surface area contributed by atoms with Gasteiger partial charge in [-0.3, -0.25) is 4.57 Å². The van der Waals surface area contributed by atoms with Crippen LogP contribution in [-0.2, 0) is 0 Å². The van der Waals surface area contributed by atoms with Crippen LogP contribution in [0.15, 0.2) is 42.9 Å². The second kappa shape index (κ2) is 4.17. The zero-order valence-corrected chi connectivity index (χ0v) is 10.8. The summed E-state index contributed by atoms with van der Waals surface area (Å²) in [6.07, 6.45) is 7.77. The maximum Gasteiger partial charge on any atom is 0.234 e. The Morgan fingerprint density at radius 1 is 1.20 bits per heavy atom. The van der Waals surface area contributed by atoms with Gasteiger partial charge in [0.2, 0.25) is 5.95 Å². The largest absolute Gasteiger partial charge is 0.284 e. The molecule has 2 heterocycles. The summed E-state index contributed by atoms with van der Waals surface area (Å²) in [6.45, 7) is 0. The van der Waals surface area contributed by atoms with Crippen LogP contribution in [0, 0.1) is 11.3 Å². The van der Waals surface area contributed by atoms with Crippen LogP contribution in [0.2, 0.25) is 0 Å². The highest BCUT2D eigenvalue weighted by atomic mass is 15.1. The minimum absolute atomic E-state index is 0.604. The zero-order chi connectivity index (χ0) is 13.5. The molecular weight excluding hydrogens is 248 g/mol. The van der Waals surface area contributed by atoms with Crippen LogP contribution in [0.4, 0.5) is 0 Å². The fourth-order valence-corrected chi connectivity index (χ4v) is 2.58. The third-order valence-electron chi connectivity index (χ3n) is 3.77. The Hall–Kier alpha value is -2.67. The van der Waals surface area contributed by atoms with Gasteiger partial charge in [0.25, 0.3) is 0 Å². The molecule has 0 aliphatic heterocycles. The number of fused-ring (bicyclic) bond motifs is 1. The number of benzene rings is 1. The average molecular weight is 260 g/mol. The molecule has 0 unspecified atom stereocenters. The predicted octanol–water partition coefficient (Wildman–Crippen LogP) is 3.17. The predicted molar refractivity (Wildman–Crippen MR) is 75.6 cm³/mol. The Bertz CT molecular complexity index is 823. The molecular formula is C16H12N4. The van der Waals surface area contributed by atoms with E-state index in [1.165, 1.54) is 18.4 Å². The van der Waals surface area contributed by atoms with E-state index in [2.05, 4.69) is 28.2 Å². The van der Waals surface area contributed by atoms with Crippen molar-refractivity contribution < 1.29 is 0 Å². The summed E-state index contributed by atoms with van der Waals surface area (Å²) in [7, 11) is 0. The number of nitriles is 1. The van der Waals surface area contributed by atoms with E-state index in [0.717, 1.165) is 10.9 Å². The fraction of sp³-hybridized carbons (Fsp3) is 0.188. The molecule has 0 radical (unpaired) electrons. The van der Waals surface area contributed by atoms with Crippen LogP contribution in [0.1, 0.15) is 29.9 Å². The van der Waals surface area contributed by atoms with E-state index in [1.54, 1.807) is 18.5 Å². The molecule has 20 heavy (non-hydrogen) atoms. The van der Waals surface area contributed by atoms with Crippen molar-refractivity contribution in [3.63, 3.8) is 0 Å². The number of nitrogens with zero attached hydrogens (tertiary/aromatic N) is 4. The molecule has 0 N–H and O–H groups in total. The molecule has 1 aliphatic rings. The van der Waals surface area contributed by atoms with E-state index >= 15 is 0 Å². The van der Waals surface area contributed by atoms with Gasteiger partial charge in [-0.15, -0.1) is 0 Å². The average Bonchev–Trinajstić information content (AvgIpc) is 3.29. The summed E-state index contributed by atoms with van der Waals surface area (Å²) in [5.41, 5.74) is 3.02. The first kappa shape index (κ1) is 11.2. The van der Waals surface area contributed by atoms with E-state index in [9.17, 15) is 5.26 Å². The summed E-state index contributed by atoms with van der Waals surface area (Å²) in [4.78, 5) is 8.56. The third kappa shape index (κ3) is 1.68. The summed E-state index contributed by atoms with van der Waals surface area (Å²) in [5.74, 6) is 1.29. The van der Waals surface area contributed by atoms with Crippen LogP contribution in [-0.4, -0.2) is 14.5 Å². The Balaban J connectivity index is 1.99. The van der Waals surface area contributed by atoms with Gasteiger partial charge in [0, 0.05) is 24.0 Å². The smallest absolute Gasteiger partial charge is 0.234 e. The van der Waals surface area contributed by atoms with Crippen LogP contribution in [0.5, 0.6) is 0 Å². The van der Waals surface area contributed by atoms with Gasteiger partial charge >= 0.3 is 0 Å². The van der Waals surface area contributed by atoms with Gasteiger partial charge in [0.05, 0.1) is 11.1 Å². The minimum Gasteiger partial charge on any atom is -0.284 e. The summed E-state index contributed by atoms with van der Waals surface area (Å²) >= 11 is 0. The van der Waals surface area contributed by atoms with Gasteiger partial charge in [-0.2, -0.15) is 5.26 Å². The van der Waals surface area contributed by atoms with Crippen molar-refractivity contribution in [3.8, 4) is 12.0 Å². The van der Waals surface area contributed by atoms with Crippen molar-refractivity contribution in [2.45, 2.75) is 18.8 Å². The molecule has 4 heteroatoms. The van der Waals surface area contributed by atoms with E-state index in [1.807, 2.05) is 16.8 Å². The highest BCUT2D eigenvalue weighted by Gasteiger charge is 2.24. The van der Waals surface area contributed by atoms with Gasteiger partial charge in [-0.05, 0) is 36.5 Å². The molecule has 1 aliphatic carbocycles. The number of hydrogen-bond acceptors (Lipinski definition) is 3. The molecule has 0 amide bonds. The quantitative estimate of drug-likeness (QED) is 0.711. The van der Waals surface area contributed by atoms with Crippen molar-refractivity contribution in [1.29, 1.82) is 5.26 Å². The van der Waals surface area contributed by atoms with Gasteiger partial charge < -0.3 is 0 Å². The van der Waals surface area contributed by atoms with E-state index < -0.39 is 0 Å². The van der Waals surface area contributed by atoms with Crippen molar-refractivity contribution in [2.75, 3.05) is 0 Å². The van der Waals surface area contributed by atoms with Crippen LogP contribution in [0.25, 0.3) is 16.9 Å². The molecule has 0 saturated heterocycles. The first-order chi connectivity index (χ1) is 9.86. The summed E-state index contributed by atoms with van der Waals surface area (Å²) < 4.78 is 1.90. The molecule has 2 aromatic heterocycles. The SMILES string of the molecule is N#Cc1cn(-c2ncccn2)c2cc(C3CC3)ccc12. The lowest BCUT2D eigenvalue weighted by Gasteiger charge is -2.04. The standard InChI is InChI=1S/C16H12N4/c17-9-13-10-20(16-18-6-1-7-19-16)15-8-12(11-2-3-11)4-5-14(13)15/h1,4-8,10-11H,2-3H2. The van der Waals surface area contributed by atoms with Crippen molar-refractivity contribution in [3.05, 3.63) is 54.0 Å². The lowest BCUT2D eigenvalue weighted by Crippen LogP contribution is -1.98. The molecule has 0 spiro atoms. The maximum atomic E-state index is 9.28. The molecule has 0 atom stereocenters. The molecule has 4 nitrogen and oxygen atoms in total. The normalized spacial score (nSPS) is 14.3. The van der Waals surface area contributed by atoms with Crippen molar-refractivity contribution in [1.82, 2.24) is 14.5 Å². The monoisotopic (exact) mass is 260 g/mol. The van der Waals surface area contributed by atoms with E-state index in [0.29, 0.717) is 17.4 Å². The molecule has 4 rings (SSSR count). The maximum absolute atomic E-state index is 9.28. The second-order valence-electron chi connectivity index (χ2n) is 5.12. The summed E-state index contributed by atoms with van der Waals surface area (Å²) in [5, 5.41) is 10.2. The Morgan fingerprint density at radius 3 is 2.70 bits per heavy atom. The highest BCUT2D eigenvalue weighted by Crippen LogP contribution is 2.41. The molecule has 1 aromatic carbocycles. The highest BCUT2D eigenvalue weighted by molar-refractivity contribution is 5.88. The lowest BCUT2D eigenvalue weighted by molar-refractivity contribution is 0.959. The number of aromatic nitrogens is 3. The fourth-order valence-electron chi connectivity index (χ4n) is 2.58. The summed E-state index contributed by atoms with van der Waals surface area (Å²) in [6, 6.07) is 10.4. The lowest BCUT2D eigenvalue weighted by atomic mass is 10.1. The van der Waals surface area contributed by atoms with Gasteiger partial charge in [0.1, 0.15) is 6.07 Å². The third-order valence-corrected chi connectivity index (χ3v) is 3.77. The first-order valence-corrected chi connectivity index (χ1v) is 6.69. The first-order valence-electron chi connectivity index (χ1n) is 6.69. The number of hydrogen-bond donors (Lipinski definition) is 0. The zero-order valence-electron chi connectivity index (χ0n) is 10.8. The molecule has 96 valence electrons. The molecule has 3 aromatic rings. The van der Waals surface area contributed by atoms with Gasteiger partial charge in [0.15, 0.2) is 0 Å². The van der Waals surface area contributed by atoms with Gasteiger partial charge in [-0.1, -0.05) is 12.1 Å². The van der Waals surface area contributed by atoms with E-state index in [4.69, 9.17) is 0 Å². The second-order valence-corrected chi connectivity index (χ2v) is 5.12. The molecule has 1 fully saturated rings. The van der Waals surface area contributed by atoms with Crippen LogP contribution in [0.3, 0.4) is 0 Å². The topological polar surface area (TPSA) is 54.5 Å². The van der Waals surface area contributed by atoms with Crippen molar-refractivity contribution >= 4 is 10.9 Å². The van der Waals surface area contributed by atoms with Gasteiger partial charge in [-0.25, -0.2) is 9.97 Å².